The van der Waals surface area contributed by atoms with Crippen LogP contribution >= 0.6 is 23.2 Å². The first-order chi connectivity index (χ1) is 9.06. The Hall–Kier alpha value is -0.970. The van der Waals surface area contributed by atoms with E-state index in [1.807, 2.05) is 0 Å². The molecule has 1 amide bonds. The van der Waals surface area contributed by atoms with Crippen LogP contribution in [0.3, 0.4) is 0 Å². The first-order valence-electron chi connectivity index (χ1n) is 5.84. The predicted molar refractivity (Wildman–Crippen MR) is 76.1 cm³/mol. The third-order valence-corrected chi connectivity index (χ3v) is 2.99. The molecule has 19 heavy (non-hydrogen) atoms. The topological polar surface area (TPSA) is 47.6 Å². The van der Waals surface area contributed by atoms with Crippen LogP contribution in [0.1, 0.15) is 6.92 Å². The fraction of sp³-hybridized carbons (Fsp3) is 0.462. The Balaban J connectivity index is 2.52. The lowest BCUT2D eigenvalue weighted by Gasteiger charge is -2.19. The maximum atomic E-state index is 11.9. The SMILES string of the molecule is COCC(CCl)NC(=O)C(C)Oc1cccc(Cl)c1. The molecule has 0 aromatic heterocycles. The van der Waals surface area contributed by atoms with Crippen LogP contribution in [0.5, 0.6) is 5.75 Å². The lowest BCUT2D eigenvalue weighted by molar-refractivity contribution is -0.128. The van der Waals surface area contributed by atoms with Crippen molar-refractivity contribution in [1.82, 2.24) is 5.32 Å². The molecule has 2 unspecified atom stereocenters. The van der Waals surface area contributed by atoms with Crippen LogP contribution < -0.4 is 10.1 Å². The molecule has 2 atom stereocenters. The summed E-state index contributed by atoms with van der Waals surface area (Å²) in [6.07, 6.45) is -0.638. The van der Waals surface area contributed by atoms with Gasteiger partial charge in [-0.1, -0.05) is 17.7 Å². The quantitative estimate of drug-likeness (QED) is 0.787. The summed E-state index contributed by atoms with van der Waals surface area (Å²) in [4.78, 5) is 11.9. The second kappa shape index (κ2) is 8.25. The number of carbonyl (C=O) groups is 1. The molecule has 1 aromatic rings. The minimum atomic E-state index is -0.638. The lowest BCUT2D eigenvalue weighted by Crippen LogP contribution is -2.45. The van der Waals surface area contributed by atoms with Gasteiger partial charge in [0.05, 0.1) is 12.6 Å². The Bertz CT molecular complexity index is 415. The molecule has 0 fully saturated rings. The highest BCUT2D eigenvalue weighted by Crippen LogP contribution is 2.18. The van der Waals surface area contributed by atoms with Gasteiger partial charge >= 0.3 is 0 Å². The standard InChI is InChI=1S/C13H17Cl2NO3/c1-9(13(17)16-11(7-14)8-18-2)19-12-5-3-4-10(15)6-12/h3-6,9,11H,7-8H2,1-2H3,(H,16,17). The van der Waals surface area contributed by atoms with Gasteiger partial charge in [-0.15, -0.1) is 11.6 Å². The van der Waals surface area contributed by atoms with Crippen LogP contribution in [0.15, 0.2) is 24.3 Å². The average molecular weight is 306 g/mol. The van der Waals surface area contributed by atoms with Crippen molar-refractivity contribution >= 4 is 29.1 Å². The maximum Gasteiger partial charge on any atom is 0.261 e. The number of rotatable bonds is 7. The molecule has 0 saturated carbocycles. The largest absolute Gasteiger partial charge is 0.481 e. The molecule has 106 valence electrons. The van der Waals surface area contributed by atoms with Crippen molar-refractivity contribution in [3.8, 4) is 5.75 Å². The number of amides is 1. The smallest absolute Gasteiger partial charge is 0.261 e. The summed E-state index contributed by atoms with van der Waals surface area (Å²) in [6, 6.07) is 6.66. The van der Waals surface area contributed by atoms with Gasteiger partial charge in [0, 0.05) is 18.0 Å². The summed E-state index contributed by atoms with van der Waals surface area (Å²) < 4.78 is 10.5. The van der Waals surface area contributed by atoms with Gasteiger partial charge in [0.2, 0.25) is 0 Å². The molecule has 0 heterocycles. The highest BCUT2D eigenvalue weighted by atomic mass is 35.5. The van der Waals surface area contributed by atoms with Crippen molar-refractivity contribution in [3.05, 3.63) is 29.3 Å². The fourth-order valence-corrected chi connectivity index (χ4v) is 1.79. The van der Waals surface area contributed by atoms with E-state index in [1.54, 1.807) is 38.3 Å². The van der Waals surface area contributed by atoms with E-state index in [1.165, 1.54) is 0 Å². The number of nitrogens with one attached hydrogen (secondary N) is 1. The van der Waals surface area contributed by atoms with E-state index in [-0.39, 0.29) is 17.8 Å². The summed E-state index contributed by atoms with van der Waals surface area (Å²) in [7, 11) is 1.55. The Morgan fingerprint density at radius 3 is 2.79 bits per heavy atom. The van der Waals surface area contributed by atoms with Gasteiger partial charge in [-0.2, -0.15) is 0 Å². The number of carbonyl (C=O) groups excluding carboxylic acids is 1. The van der Waals surface area contributed by atoms with Gasteiger partial charge in [-0.25, -0.2) is 0 Å². The number of ether oxygens (including phenoxy) is 2. The van der Waals surface area contributed by atoms with Gasteiger partial charge in [0.25, 0.3) is 5.91 Å². The highest BCUT2D eigenvalue weighted by Gasteiger charge is 2.18. The number of hydrogen-bond acceptors (Lipinski definition) is 3. The molecule has 0 aliphatic heterocycles. The number of benzene rings is 1. The van der Waals surface area contributed by atoms with Crippen LogP contribution in [0.25, 0.3) is 0 Å². The Morgan fingerprint density at radius 2 is 2.21 bits per heavy atom. The molecule has 0 aliphatic carbocycles. The zero-order chi connectivity index (χ0) is 14.3. The zero-order valence-corrected chi connectivity index (χ0v) is 12.4. The second-order valence-electron chi connectivity index (χ2n) is 4.03. The van der Waals surface area contributed by atoms with Gasteiger partial charge in [-0.05, 0) is 25.1 Å². The van der Waals surface area contributed by atoms with E-state index in [0.29, 0.717) is 17.4 Å². The third-order valence-electron chi connectivity index (χ3n) is 2.38. The Morgan fingerprint density at radius 1 is 1.47 bits per heavy atom. The Kier molecular flexibility index (Phi) is 6.99. The lowest BCUT2D eigenvalue weighted by atomic mass is 10.3. The monoisotopic (exact) mass is 305 g/mol. The van der Waals surface area contributed by atoms with Crippen LogP contribution in [0.4, 0.5) is 0 Å². The fourth-order valence-electron chi connectivity index (χ4n) is 1.44. The molecule has 1 rings (SSSR count). The Labute approximate surface area is 123 Å². The van der Waals surface area contributed by atoms with Crippen molar-refractivity contribution in [1.29, 1.82) is 0 Å². The summed E-state index contributed by atoms with van der Waals surface area (Å²) in [5.41, 5.74) is 0. The van der Waals surface area contributed by atoms with Gasteiger partial charge in [0.1, 0.15) is 5.75 Å². The van der Waals surface area contributed by atoms with Crippen molar-refractivity contribution in [2.24, 2.45) is 0 Å². The molecule has 1 aromatic carbocycles. The van der Waals surface area contributed by atoms with E-state index in [9.17, 15) is 4.79 Å². The van der Waals surface area contributed by atoms with E-state index in [2.05, 4.69) is 5.32 Å². The highest BCUT2D eigenvalue weighted by molar-refractivity contribution is 6.30. The normalized spacial score (nSPS) is 13.7. The molecular weight excluding hydrogens is 289 g/mol. The van der Waals surface area contributed by atoms with Crippen LogP contribution in [0.2, 0.25) is 5.02 Å². The molecular formula is C13H17Cl2NO3. The van der Waals surface area contributed by atoms with E-state index < -0.39 is 6.10 Å². The number of alkyl halides is 1. The summed E-state index contributed by atoms with van der Waals surface area (Å²) >= 11 is 11.6. The van der Waals surface area contributed by atoms with E-state index in [4.69, 9.17) is 32.7 Å². The molecule has 1 N–H and O–H groups in total. The average Bonchev–Trinajstić information content (AvgIpc) is 2.38. The van der Waals surface area contributed by atoms with Crippen molar-refractivity contribution < 1.29 is 14.3 Å². The van der Waals surface area contributed by atoms with Crippen molar-refractivity contribution in [2.75, 3.05) is 19.6 Å². The van der Waals surface area contributed by atoms with Crippen LogP contribution in [0, 0.1) is 0 Å². The van der Waals surface area contributed by atoms with E-state index >= 15 is 0 Å². The van der Waals surface area contributed by atoms with Crippen LogP contribution in [-0.4, -0.2) is 37.6 Å². The number of halogens is 2. The molecule has 6 heteroatoms. The molecule has 4 nitrogen and oxygen atoms in total. The van der Waals surface area contributed by atoms with E-state index in [0.717, 1.165) is 0 Å². The maximum absolute atomic E-state index is 11.9. The van der Waals surface area contributed by atoms with Gasteiger partial charge < -0.3 is 14.8 Å². The predicted octanol–water partition coefficient (Wildman–Crippen LogP) is 2.48. The van der Waals surface area contributed by atoms with Gasteiger partial charge in [-0.3, -0.25) is 4.79 Å². The van der Waals surface area contributed by atoms with Crippen molar-refractivity contribution in [3.63, 3.8) is 0 Å². The first kappa shape index (κ1) is 16.1. The first-order valence-corrected chi connectivity index (χ1v) is 6.75. The minimum absolute atomic E-state index is 0.232. The minimum Gasteiger partial charge on any atom is -0.481 e. The molecule has 0 aliphatic rings. The van der Waals surface area contributed by atoms with Crippen molar-refractivity contribution in [2.45, 2.75) is 19.1 Å². The molecule has 0 bridgehead atoms. The molecule has 0 spiro atoms. The third kappa shape index (κ3) is 5.68. The summed E-state index contributed by atoms with van der Waals surface area (Å²) in [5, 5.41) is 3.31. The van der Waals surface area contributed by atoms with Gasteiger partial charge in [0.15, 0.2) is 6.10 Å². The summed E-state index contributed by atoms with van der Waals surface area (Å²) in [6.45, 7) is 2.02. The molecule has 0 saturated heterocycles. The summed E-state index contributed by atoms with van der Waals surface area (Å²) in [5.74, 6) is 0.579. The number of hydrogen-bond donors (Lipinski definition) is 1. The second-order valence-corrected chi connectivity index (χ2v) is 4.78. The zero-order valence-electron chi connectivity index (χ0n) is 10.9. The molecule has 0 radical (unpaired) electrons. The number of methoxy groups -OCH3 is 1. The van der Waals surface area contributed by atoms with Crippen LogP contribution in [-0.2, 0) is 9.53 Å².